The molecule has 0 saturated heterocycles. The number of hydrogen-bond acceptors (Lipinski definition) is 7. The second kappa shape index (κ2) is 11.0. The zero-order chi connectivity index (χ0) is 24.0. The first kappa shape index (κ1) is 24.2. The van der Waals surface area contributed by atoms with Crippen molar-refractivity contribution in [1.82, 2.24) is 9.21 Å². The molecule has 1 amide bonds. The maximum absolute atomic E-state index is 13.5. The molecule has 0 bridgehead atoms. The van der Waals surface area contributed by atoms with Crippen LogP contribution >= 0.6 is 11.3 Å². The monoisotopic (exact) mass is 502 g/mol. The van der Waals surface area contributed by atoms with Crippen LogP contribution in [0.5, 0.6) is 11.5 Å². The fourth-order valence-corrected chi connectivity index (χ4v) is 5.67. The fourth-order valence-electron chi connectivity index (χ4n) is 3.55. The van der Waals surface area contributed by atoms with Gasteiger partial charge in [0.25, 0.3) is 0 Å². The second-order valence-electron chi connectivity index (χ2n) is 7.66. The zero-order valence-electron chi connectivity index (χ0n) is 18.8. The minimum atomic E-state index is -3.87. The van der Waals surface area contributed by atoms with Crippen molar-refractivity contribution in [3.8, 4) is 11.5 Å². The third kappa shape index (κ3) is 5.76. The average molecular weight is 503 g/mol. The van der Waals surface area contributed by atoms with Gasteiger partial charge in [-0.1, -0.05) is 30.3 Å². The number of carbonyl (C=O) groups is 1. The van der Waals surface area contributed by atoms with Crippen LogP contribution in [0, 0.1) is 0 Å². The Morgan fingerprint density at radius 3 is 2.56 bits per heavy atom. The van der Waals surface area contributed by atoms with Crippen LogP contribution in [0.4, 0.5) is 0 Å². The summed E-state index contributed by atoms with van der Waals surface area (Å²) in [7, 11) is -2.38. The van der Waals surface area contributed by atoms with Gasteiger partial charge in [-0.2, -0.15) is 4.31 Å². The van der Waals surface area contributed by atoms with Gasteiger partial charge in [-0.15, -0.1) is 11.3 Å². The molecule has 0 saturated carbocycles. The van der Waals surface area contributed by atoms with Crippen molar-refractivity contribution in [3.63, 3.8) is 0 Å². The Kier molecular flexibility index (Phi) is 7.84. The van der Waals surface area contributed by atoms with E-state index in [2.05, 4.69) is 0 Å². The first-order valence-corrected chi connectivity index (χ1v) is 13.0. The van der Waals surface area contributed by atoms with Gasteiger partial charge in [0, 0.05) is 25.1 Å². The molecular formula is C24H26N2O6S2. The molecule has 0 N–H and O–H groups in total. The highest BCUT2D eigenvalue weighted by Gasteiger charge is 2.28. The first-order valence-electron chi connectivity index (χ1n) is 10.7. The molecule has 0 aliphatic carbocycles. The summed E-state index contributed by atoms with van der Waals surface area (Å²) in [5.41, 5.74) is 0.864. The molecule has 0 atom stereocenters. The van der Waals surface area contributed by atoms with E-state index in [0.29, 0.717) is 24.6 Å². The summed E-state index contributed by atoms with van der Waals surface area (Å²) in [6, 6.07) is 17.5. The molecule has 1 aliphatic heterocycles. The van der Waals surface area contributed by atoms with Gasteiger partial charge in [-0.25, -0.2) is 8.42 Å². The van der Waals surface area contributed by atoms with E-state index in [0.717, 1.165) is 10.4 Å². The highest BCUT2D eigenvalue weighted by Crippen LogP contribution is 2.33. The molecule has 10 heteroatoms. The molecule has 0 spiro atoms. The Morgan fingerprint density at radius 2 is 1.82 bits per heavy atom. The van der Waals surface area contributed by atoms with Crippen LogP contribution in [0.25, 0.3) is 0 Å². The second-order valence-corrected chi connectivity index (χ2v) is 10.6. The molecule has 1 aliphatic rings. The van der Waals surface area contributed by atoms with Gasteiger partial charge >= 0.3 is 0 Å². The number of rotatable bonds is 11. The van der Waals surface area contributed by atoms with Crippen molar-refractivity contribution in [2.45, 2.75) is 18.0 Å². The van der Waals surface area contributed by atoms with Gasteiger partial charge in [0.15, 0.2) is 11.5 Å². The van der Waals surface area contributed by atoms with E-state index in [-0.39, 0.29) is 37.3 Å². The summed E-state index contributed by atoms with van der Waals surface area (Å²) in [5.74, 6) is 0.996. The highest BCUT2D eigenvalue weighted by atomic mass is 32.2. The van der Waals surface area contributed by atoms with Crippen molar-refractivity contribution in [3.05, 3.63) is 76.5 Å². The predicted molar refractivity (Wildman–Crippen MR) is 128 cm³/mol. The molecule has 8 nitrogen and oxygen atoms in total. The Morgan fingerprint density at radius 1 is 1.03 bits per heavy atom. The molecule has 0 radical (unpaired) electrons. The number of carbonyl (C=O) groups excluding carboxylic acids is 1. The number of thiophene rings is 1. The van der Waals surface area contributed by atoms with Crippen LogP contribution < -0.4 is 9.47 Å². The summed E-state index contributed by atoms with van der Waals surface area (Å²) in [4.78, 5) is 16.3. The third-order valence-corrected chi connectivity index (χ3v) is 8.05. The van der Waals surface area contributed by atoms with Crippen molar-refractivity contribution < 1.29 is 27.4 Å². The van der Waals surface area contributed by atoms with Gasteiger partial charge in [0.2, 0.25) is 22.7 Å². The molecule has 2 aromatic carbocycles. The van der Waals surface area contributed by atoms with E-state index in [9.17, 15) is 13.2 Å². The molecule has 1 aromatic heterocycles. The quantitative estimate of drug-likeness (QED) is 0.400. The molecular weight excluding hydrogens is 476 g/mol. The topological polar surface area (TPSA) is 85.4 Å². The average Bonchev–Trinajstić information content (AvgIpc) is 3.53. The van der Waals surface area contributed by atoms with E-state index < -0.39 is 10.0 Å². The van der Waals surface area contributed by atoms with Crippen molar-refractivity contribution >= 4 is 27.3 Å². The Labute approximate surface area is 203 Å². The number of nitrogens with zero attached hydrogens (tertiary/aromatic N) is 2. The zero-order valence-corrected chi connectivity index (χ0v) is 20.4. The molecule has 4 rings (SSSR count). The Bertz CT molecular complexity index is 1200. The lowest BCUT2D eigenvalue weighted by atomic mass is 10.2. The molecule has 0 fully saturated rings. The van der Waals surface area contributed by atoms with Gasteiger partial charge in [0.1, 0.15) is 0 Å². The maximum Gasteiger partial charge on any atom is 0.243 e. The SMILES string of the molecule is COCCN(CC(=O)N(Cc1ccc2c(c1)OCO2)Cc1cccs1)S(=O)(=O)c1ccccc1. The Balaban J connectivity index is 1.57. The lowest BCUT2D eigenvalue weighted by Gasteiger charge is -2.27. The number of ether oxygens (including phenoxy) is 3. The van der Waals surface area contributed by atoms with E-state index in [1.165, 1.54) is 23.5 Å². The van der Waals surface area contributed by atoms with Crippen molar-refractivity contribution in [2.75, 3.05) is 33.6 Å². The van der Waals surface area contributed by atoms with Crippen molar-refractivity contribution in [2.24, 2.45) is 0 Å². The van der Waals surface area contributed by atoms with Crippen LogP contribution in [-0.4, -0.2) is 57.1 Å². The van der Waals surface area contributed by atoms with E-state index in [1.807, 2.05) is 35.7 Å². The summed E-state index contributed by atoms with van der Waals surface area (Å²) in [6.07, 6.45) is 0. The van der Waals surface area contributed by atoms with Crippen LogP contribution in [0.2, 0.25) is 0 Å². The molecule has 34 heavy (non-hydrogen) atoms. The molecule has 180 valence electrons. The highest BCUT2D eigenvalue weighted by molar-refractivity contribution is 7.89. The number of hydrogen-bond donors (Lipinski definition) is 0. The number of sulfonamides is 1. The number of fused-ring (bicyclic) bond motifs is 1. The van der Waals surface area contributed by atoms with Crippen LogP contribution in [0.15, 0.2) is 70.9 Å². The summed E-state index contributed by atoms with van der Waals surface area (Å²) < 4.78 is 43.7. The minimum Gasteiger partial charge on any atom is -0.454 e. The third-order valence-electron chi connectivity index (χ3n) is 5.33. The lowest BCUT2D eigenvalue weighted by molar-refractivity contribution is -0.132. The van der Waals surface area contributed by atoms with Gasteiger partial charge in [-0.05, 0) is 41.3 Å². The minimum absolute atomic E-state index is 0.0658. The Hall–Kier alpha value is -2.92. The summed E-state index contributed by atoms with van der Waals surface area (Å²) in [6.45, 7) is 0.785. The smallest absolute Gasteiger partial charge is 0.243 e. The van der Waals surface area contributed by atoms with Gasteiger partial charge in [0.05, 0.1) is 24.6 Å². The van der Waals surface area contributed by atoms with E-state index >= 15 is 0 Å². The van der Waals surface area contributed by atoms with Crippen molar-refractivity contribution in [1.29, 1.82) is 0 Å². The van der Waals surface area contributed by atoms with E-state index in [1.54, 1.807) is 34.4 Å². The normalized spacial score (nSPS) is 12.8. The maximum atomic E-state index is 13.5. The summed E-state index contributed by atoms with van der Waals surface area (Å²) >= 11 is 1.54. The standard InChI is InChI=1S/C24H26N2O6S2/c1-30-12-11-26(34(28,29)21-7-3-2-4-8-21)17-24(27)25(16-20-6-5-13-33-20)15-19-9-10-22-23(14-19)32-18-31-22/h2-10,13-14H,11-12,15-18H2,1H3. The van der Waals surface area contributed by atoms with Crippen LogP contribution in [-0.2, 0) is 32.6 Å². The molecule has 0 unspecified atom stereocenters. The van der Waals surface area contributed by atoms with E-state index in [4.69, 9.17) is 14.2 Å². The number of methoxy groups -OCH3 is 1. The fraction of sp³-hybridized carbons (Fsp3) is 0.292. The molecule has 2 heterocycles. The molecule has 3 aromatic rings. The van der Waals surface area contributed by atoms with Gasteiger partial charge in [-0.3, -0.25) is 4.79 Å². The largest absolute Gasteiger partial charge is 0.454 e. The summed E-state index contributed by atoms with van der Waals surface area (Å²) in [5, 5.41) is 1.95. The van der Waals surface area contributed by atoms with Crippen LogP contribution in [0.3, 0.4) is 0 Å². The predicted octanol–water partition coefficient (Wildman–Crippen LogP) is 3.34. The number of amides is 1. The van der Waals surface area contributed by atoms with Gasteiger partial charge < -0.3 is 19.1 Å². The first-order chi connectivity index (χ1) is 16.5. The lowest BCUT2D eigenvalue weighted by Crippen LogP contribution is -2.43. The number of benzene rings is 2. The van der Waals surface area contributed by atoms with Crippen LogP contribution in [0.1, 0.15) is 10.4 Å².